The molecule has 2 nitrogen and oxygen atoms in total. The molecule has 0 saturated carbocycles. The zero-order valence-electron chi connectivity index (χ0n) is 28.5. The lowest BCUT2D eigenvalue weighted by atomic mass is 9.64. The molecule has 242 valence electrons. The van der Waals surface area contributed by atoms with Crippen molar-refractivity contribution in [1.29, 1.82) is 0 Å². The Kier molecular flexibility index (Phi) is 7.82. The molecule has 2 heteroatoms. The first-order chi connectivity index (χ1) is 24.6. The molecule has 0 bridgehead atoms. The number of aryl methyl sites for hydroxylation is 1. The van der Waals surface area contributed by atoms with Crippen LogP contribution in [0.4, 0.5) is 0 Å². The lowest BCUT2D eigenvalue weighted by Crippen LogP contribution is -2.31. The molecule has 0 unspecified atom stereocenters. The second kappa shape index (κ2) is 12.5. The van der Waals surface area contributed by atoms with Crippen LogP contribution in [-0.2, 0) is 17.3 Å². The van der Waals surface area contributed by atoms with Crippen molar-refractivity contribution in [3.05, 3.63) is 178 Å². The highest BCUT2D eigenvalue weighted by Crippen LogP contribution is 2.60. The second-order valence-corrected chi connectivity index (χ2v) is 13.1. The molecular formula is C48H38O2. The van der Waals surface area contributed by atoms with Gasteiger partial charge in [0.25, 0.3) is 0 Å². The van der Waals surface area contributed by atoms with Crippen molar-refractivity contribution >= 4 is 0 Å². The van der Waals surface area contributed by atoms with E-state index in [4.69, 9.17) is 22.3 Å². The van der Waals surface area contributed by atoms with Crippen LogP contribution in [0.5, 0.6) is 11.5 Å². The van der Waals surface area contributed by atoms with Crippen LogP contribution in [0.3, 0.4) is 0 Å². The van der Waals surface area contributed by atoms with Gasteiger partial charge in [-0.2, -0.15) is 0 Å². The van der Waals surface area contributed by atoms with Crippen LogP contribution in [0.1, 0.15) is 64.8 Å². The normalized spacial score (nSPS) is 14.0. The summed E-state index contributed by atoms with van der Waals surface area (Å²) in [5.74, 6) is 6.98. The van der Waals surface area contributed by atoms with Crippen LogP contribution in [-0.4, -0.2) is 13.2 Å². The summed E-state index contributed by atoms with van der Waals surface area (Å²) in [7, 11) is 0. The highest BCUT2D eigenvalue weighted by atomic mass is 16.5. The molecule has 0 amide bonds. The van der Waals surface area contributed by atoms with E-state index in [2.05, 4.69) is 159 Å². The fourth-order valence-electron chi connectivity index (χ4n) is 8.90. The maximum absolute atomic E-state index is 6.47. The van der Waals surface area contributed by atoms with Crippen molar-refractivity contribution in [3.63, 3.8) is 0 Å². The quantitative estimate of drug-likeness (QED) is 0.145. The SMILES string of the molecule is C#CCOc1ccc(C2(c3ccc(OCC#C)c(C4(CC)c5ccccc5-c5ccccc54)c3)c3ccccc3-c3ccccc32)cc1CC. The van der Waals surface area contributed by atoms with Gasteiger partial charge in [0, 0.05) is 11.0 Å². The largest absolute Gasteiger partial charge is 0.481 e. The van der Waals surface area contributed by atoms with Crippen molar-refractivity contribution in [2.24, 2.45) is 0 Å². The molecule has 0 spiro atoms. The maximum Gasteiger partial charge on any atom is 0.148 e. The van der Waals surface area contributed by atoms with E-state index >= 15 is 0 Å². The summed E-state index contributed by atoms with van der Waals surface area (Å²) in [6.45, 7) is 4.87. The molecule has 6 aromatic carbocycles. The predicted octanol–water partition coefficient (Wildman–Crippen LogP) is 10.4. The van der Waals surface area contributed by atoms with E-state index in [-0.39, 0.29) is 13.2 Å². The van der Waals surface area contributed by atoms with E-state index in [0.29, 0.717) is 0 Å². The number of ether oxygens (including phenoxy) is 2. The van der Waals surface area contributed by atoms with Crippen LogP contribution in [0.2, 0.25) is 0 Å². The van der Waals surface area contributed by atoms with Crippen LogP contribution in [0.15, 0.2) is 133 Å². The highest BCUT2D eigenvalue weighted by molar-refractivity contribution is 5.88. The molecule has 0 atom stereocenters. The van der Waals surface area contributed by atoms with Crippen molar-refractivity contribution in [2.75, 3.05) is 13.2 Å². The maximum atomic E-state index is 6.47. The van der Waals surface area contributed by atoms with Gasteiger partial charge in [0.05, 0.1) is 5.41 Å². The smallest absolute Gasteiger partial charge is 0.148 e. The summed E-state index contributed by atoms with van der Waals surface area (Å²) in [6.07, 6.45) is 13.1. The fourth-order valence-corrected chi connectivity index (χ4v) is 8.90. The van der Waals surface area contributed by atoms with Gasteiger partial charge < -0.3 is 9.47 Å². The summed E-state index contributed by atoms with van der Waals surface area (Å²) in [5.41, 5.74) is 13.6. The summed E-state index contributed by atoms with van der Waals surface area (Å²) >= 11 is 0. The van der Waals surface area contributed by atoms with Gasteiger partial charge in [-0.05, 0) is 92.2 Å². The topological polar surface area (TPSA) is 18.5 Å². The first-order valence-corrected chi connectivity index (χ1v) is 17.4. The average molecular weight is 647 g/mol. The van der Waals surface area contributed by atoms with E-state index < -0.39 is 10.8 Å². The number of hydrogen-bond donors (Lipinski definition) is 0. The van der Waals surface area contributed by atoms with Crippen molar-refractivity contribution in [2.45, 2.75) is 37.5 Å². The van der Waals surface area contributed by atoms with Gasteiger partial charge in [0.15, 0.2) is 0 Å². The second-order valence-electron chi connectivity index (χ2n) is 13.1. The molecule has 0 fully saturated rings. The zero-order chi connectivity index (χ0) is 34.3. The summed E-state index contributed by atoms with van der Waals surface area (Å²) in [4.78, 5) is 0. The highest BCUT2D eigenvalue weighted by Gasteiger charge is 2.49. The van der Waals surface area contributed by atoms with Gasteiger partial charge in [-0.1, -0.05) is 141 Å². The number of terminal acetylenes is 2. The Morgan fingerprint density at radius 2 is 0.940 bits per heavy atom. The van der Waals surface area contributed by atoms with Crippen LogP contribution in [0.25, 0.3) is 22.3 Å². The summed E-state index contributed by atoms with van der Waals surface area (Å²) < 4.78 is 12.5. The van der Waals surface area contributed by atoms with E-state index in [0.717, 1.165) is 35.5 Å². The Bertz CT molecular complexity index is 2260. The van der Waals surface area contributed by atoms with E-state index in [1.54, 1.807) is 0 Å². The Labute approximate surface area is 295 Å². The Hall–Kier alpha value is -5.96. The van der Waals surface area contributed by atoms with Gasteiger partial charge in [-0.15, -0.1) is 12.8 Å². The third kappa shape index (κ3) is 4.39. The molecule has 0 aromatic heterocycles. The minimum atomic E-state index is -0.617. The molecule has 0 radical (unpaired) electrons. The van der Waals surface area contributed by atoms with Crippen LogP contribution >= 0.6 is 0 Å². The van der Waals surface area contributed by atoms with Gasteiger partial charge in [-0.3, -0.25) is 0 Å². The number of hydrogen-bond acceptors (Lipinski definition) is 2. The molecule has 2 aliphatic rings. The average Bonchev–Trinajstić information content (AvgIpc) is 3.65. The standard InChI is InChI=1S/C48H38O2/c1-5-29-49-45-27-25-34(31-33(45)7-3)48(42-23-15-11-19-38(42)39-20-12-16-24-43(39)48)35-26-28-46(50-30-6-2)44(32-35)47(8-4)40-21-13-9-17-36(40)37-18-10-14-22-41(37)47/h1-2,9-28,31-32H,7-8,29-30H2,3-4H3. The molecule has 6 aromatic rings. The molecule has 8 rings (SSSR count). The van der Waals surface area contributed by atoms with Gasteiger partial charge in [0.1, 0.15) is 24.7 Å². The molecule has 2 aliphatic carbocycles. The van der Waals surface area contributed by atoms with Crippen molar-refractivity contribution < 1.29 is 9.47 Å². The minimum absolute atomic E-state index is 0.186. The number of benzene rings is 6. The van der Waals surface area contributed by atoms with E-state index in [1.807, 2.05) is 0 Å². The predicted molar refractivity (Wildman–Crippen MR) is 204 cm³/mol. The van der Waals surface area contributed by atoms with Gasteiger partial charge >= 0.3 is 0 Å². The molecule has 50 heavy (non-hydrogen) atoms. The third-order valence-electron chi connectivity index (χ3n) is 10.9. The Balaban J connectivity index is 1.48. The minimum Gasteiger partial charge on any atom is -0.481 e. The first kappa shape index (κ1) is 31.3. The summed E-state index contributed by atoms with van der Waals surface area (Å²) in [6, 6.07) is 48.8. The molecular weight excluding hydrogens is 609 g/mol. The zero-order valence-corrected chi connectivity index (χ0v) is 28.5. The van der Waals surface area contributed by atoms with Crippen molar-refractivity contribution in [3.8, 4) is 58.4 Å². The molecule has 0 saturated heterocycles. The number of rotatable bonds is 9. The first-order valence-electron chi connectivity index (χ1n) is 17.4. The van der Waals surface area contributed by atoms with Crippen molar-refractivity contribution in [1.82, 2.24) is 0 Å². The number of fused-ring (bicyclic) bond motifs is 6. The van der Waals surface area contributed by atoms with Gasteiger partial charge in [0.2, 0.25) is 0 Å². The van der Waals surface area contributed by atoms with Crippen LogP contribution in [0, 0.1) is 24.7 Å². The monoisotopic (exact) mass is 646 g/mol. The van der Waals surface area contributed by atoms with Crippen LogP contribution < -0.4 is 9.47 Å². The molecule has 0 aliphatic heterocycles. The molecule has 0 heterocycles. The lowest BCUT2D eigenvalue weighted by Gasteiger charge is -2.38. The molecule has 0 N–H and O–H groups in total. The van der Waals surface area contributed by atoms with E-state index in [9.17, 15) is 0 Å². The van der Waals surface area contributed by atoms with E-state index in [1.165, 1.54) is 55.6 Å². The third-order valence-corrected chi connectivity index (χ3v) is 10.9. The summed E-state index contributed by atoms with van der Waals surface area (Å²) in [5, 5.41) is 0. The Morgan fingerprint density at radius 3 is 1.44 bits per heavy atom. The lowest BCUT2D eigenvalue weighted by molar-refractivity contribution is 0.359. The Morgan fingerprint density at radius 1 is 0.500 bits per heavy atom. The fraction of sp³-hybridized carbons (Fsp3) is 0.167. The van der Waals surface area contributed by atoms with Gasteiger partial charge in [-0.25, -0.2) is 0 Å².